The molecule has 0 N–H and O–H groups in total. The van der Waals surface area contributed by atoms with Crippen molar-refractivity contribution in [2.45, 2.75) is 19.4 Å². The van der Waals surface area contributed by atoms with Crippen LogP contribution in [0.1, 0.15) is 24.1 Å². The molecule has 21 heavy (non-hydrogen) atoms. The van der Waals surface area contributed by atoms with Gasteiger partial charge in [0.25, 0.3) is 0 Å². The maximum atomic E-state index is 8.88. The third-order valence-electron chi connectivity index (χ3n) is 3.77. The molecule has 0 spiro atoms. The van der Waals surface area contributed by atoms with E-state index in [1.807, 2.05) is 36.1 Å². The lowest BCUT2D eigenvalue weighted by Gasteiger charge is -2.35. The number of hydrogen-bond acceptors (Lipinski definition) is 5. The Balaban J connectivity index is 2.40. The molecular weight excluding hydrogens is 266 g/mol. The highest BCUT2D eigenvalue weighted by molar-refractivity contribution is 5.49. The minimum absolute atomic E-state index is 0.0743. The second kappa shape index (κ2) is 6.19. The van der Waals surface area contributed by atoms with Gasteiger partial charge in [-0.1, -0.05) is 0 Å². The summed E-state index contributed by atoms with van der Waals surface area (Å²) >= 11 is 0. The number of hydrogen-bond donors (Lipinski definition) is 0. The first kappa shape index (κ1) is 14.7. The average Bonchev–Trinajstić information content (AvgIpc) is 2.53. The van der Waals surface area contributed by atoms with Crippen molar-refractivity contribution in [2.75, 3.05) is 20.8 Å². The van der Waals surface area contributed by atoms with E-state index < -0.39 is 0 Å². The van der Waals surface area contributed by atoms with Crippen LogP contribution in [0.3, 0.4) is 0 Å². The maximum absolute atomic E-state index is 8.88. The van der Waals surface area contributed by atoms with Crippen LogP contribution in [0.2, 0.25) is 0 Å². The Kier molecular flexibility index (Phi) is 4.35. The minimum Gasteiger partial charge on any atom is -0.493 e. The second-order valence-electron chi connectivity index (χ2n) is 4.84. The van der Waals surface area contributed by atoms with Crippen molar-refractivity contribution < 1.29 is 9.47 Å². The summed E-state index contributed by atoms with van der Waals surface area (Å²) in [4.78, 5) is 2.01. The quantitative estimate of drug-likeness (QED) is 0.797. The Labute approximate surface area is 124 Å². The van der Waals surface area contributed by atoms with Gasteiger partial charge in [0.05, 0.1) is 20.3 Å². The summed E-state index contributed by atoms with van der Waals surface area (Å²) in [6.07, 6.45) is 2.46. The van der Waals surface area contributed by atoms with Gasteiger partial charge in [0.15, 0.2) is 11.5 Å². The van der Waals surface area contributed by atoms with Crippen LogP contribution in [-0.2, 0) is 6.42 Å². The van der Waals surface area contributed by atoms with Crippen molar-refractivity contribution >= 4 is 0 Å². The first-order valence-corrected chi connectivity index (χ1v) is 6.67. The van der Waals surface area contributed by atoms with Gasteiger partial charge in [-0.2, -0.15) is 10.5 Å². The van der Waals surface area contributed by atoms with E-state index in [2.05, 4.69) is 0 Å². The van der Waals surface area contributed by atoms with Crippen LogP contribution >= 0.6 is 0 Å². The van der Waals surface area contributed by atoms with E-state index in [-0.39, 0.29) is 11.6 Å². The Morgan fingerprint density at radius 3 is 2.43 bits per heavy atom. The van der Waals surface area contributed by atoms with Crippen LogP contribution in [0.5, 0.6) is 11.5 Å². The Bertz CT molecular complexity index is 637. The molecule has 0 bridgehead atoms. The van der Waals surface area contributed by atoms with Gasteiger partial charge in [-0.25, -0.2) is 0 Å². The van der Waals surface area contributed by atoms with Crippen LogP contribution in [0, 0.1) is 22.7 Å². The number of nitrogens with zero attached hydrogens (tertiary/aromatic N) is 3. The molecule has 0 saturated carbocycles. The molecule has 1 atom stereocenters. The molecule has 0 aliphatic carbocycles. The van der Waals surface area contributed by atoms with Crippen molar-refractivity contribution in [3.8, 4) is 23.6 Å². The smallest absolute Gasteiger partial charge is 0.161 e. The Hall–Kier alpha value is -2.66. The molecule has 5 heteroatoms. The molecule has 108 valence electrons. The summed E-state index contributed by atoms with van der Waals surface area (Å²) in [6, 6.07) is 7.84. The summed E-state index contributed by atoms with van der Waals surface area (Å²) < 4.78 is 10.7. The molecule has 1 heterocycles. The van der Waals surface area contributed by atoms with E-state index in [9.17, 15) is 0 Å². The maximum Gasteiger partial charge on any atom is 0.161 e. The summed E-state index contributed by atoms with van der Waals surface area (Å²) in [5, 5.41) is 17.8. The van der Waals surface area contributed by atoms with E-state index in [4.69, 9.17) is 20.0 Å². The number of nitriles is 2. The number of fused-ring (bicyclic) bond motifs is 1. The van der Waals surface area contributed by atoms with Gasteiger partial charge in [-0.15, -0.1) is 0 Å². The van der Waals surface area contributed by atoms with E-state index >= 15 is 0 Å². The van der Waals surface area contributed by atoms with Gasteiger partial charge >= 0.3 is 0 Å². The lowest BCUT2D eigenvalue weighted by molar-refractivity contribution is 0.278. The van der Waals surface area contributed by atoms with Crippen molar-refractivity contribution in [1.82, 2.24) is 4.90 Å². The van der Waals surface area contributed by atoms with Gasteiger partial charge < -0.3 is 14.4 Å². The molecule has 5 nitrogen and oxygen atoms in total. The van der Waals surface area contributed by atoms with Crippen molar-refractivity contribution in [3.05, 3.63) is 35.0 Å². The van der Waals surface area contributed by atoms with E-state index in [1.165, 1.54) is 5.56 Å². The molecule has 1 aliphatic heterocycles. The molecule has 1 unspecified atom stereocenters. The Morgan fingerprint density at radius 1 is 1.24 bits per heavy atom. The molecule has 0 amide bonds. The molecule has 0 fully saturated rings. The lowest BCUT2D eigenvalue weighted by Crippen LogP contribution is -2.30. The highest BCUT2D eigenvalue weighted by Crippen LogP contribution is 2.38. The van der Waals surface area contributed by atoms with Crippen LogP contribution < -0.4 is 9.47 Å². The number of rotatable bonds is 3. The minimum atomic E-state index is 0.0743. The normalized spacial score (nSPS) is 16.2. The zero-order valence-corrected chi connectivity index (χ0v) is 12.4. The number of methoxy groups -OCH3 is 2. The highest BCUT2D eigenvalue weighted by atomic mass is 16.5. The predicted octanol–water partition coefficient (Wildman–Crippen LogP) is 2.55. The summed E-state index contributed by atoms with van der Waals surface area (Å²) in [5.41, 5.74) is 2.46. The molecule has 0 saturated heterocycles. The zero-order valence-electron chi connectivity index (χ0n) is 12.4. The number of benzene rings is 1. The van der Waals surface area contributed by atoms with E-state index in [1.54, 1.807) is 20.4 Å². The van der Waals surface area contributed by atoms with Gasteiger partial charge in [0.2, 0.25) is 0 Å². The van der Waals surface area contributed by atoms with Crippen molar-refractivity contribution in [2.24, 2.45) is 0 Å². The van der Waals surface area contributed by atoms with Crippen molar-refractivity contribution in [1.29, 1.82) is 10.5 Å². The molecule has 1 aromatic carbocycles. The van der Waals surface area contributed by atoms with Gasteiger partial charge in [0.1, 0.15) is 17.7 Å². The fourth-order valence-electron chi connectivity index (χ4n) is 2.59. The monoisotopic (exact) mass is 283 g/mol. The molecule has 0 radical (unpaired) electrons. The first-order valence-electron chi connectivity index (χ1n) is 6.67. The molecule has 1 aromatic rings. The summed E-state index contributed by atoms with van der Waals surface area (Å²) in [6.45, 7) is 2.81. The average molecular weight is 283 g/mol. The lowest BCUT2D eigenvalue weighted by atomic mass is 9.93. The summed E-state index contributed by atoms with van der Waals surface area (Å²) in [7, 11) is 3.23. The third kappa shape index (κ3) is 2.78. The fraction of sp³-hybridized carbons (Fsp3) is 0.375. The number of ether oxygens (including phenoxy) is 2. The molecule has 0 aromatic heterocycles. The third-order valence-corrected chi connectivity index (χ3v) is 3.77. The SMILES string of the molecule is COc1cc2c(cc1OC)C(C)N(C=C(C#N)C#N)CC2. The predicted molar refractivity (Wildman–Crippen MR) is 77.7 cm³/mol. The Morgan fingerprint density at radius 2 is 1.86 bits per heavy atom. The fourth-order valence-corrected chi connectivity index (χ4v) is 2.59. The molecule has 1 aliphatic rings. The number of allylic oxidation sites excluding steroid dienone is 1. The van der Waals surface area contributed by atoms with Gasteiger partial charge in [-0.05, 0) is 36.6 Å². The van der Waals surface area contributed by atoms with E-state index in [0.29, 0.717) is 5.75 Å². The van der Waals surface area contributed by atoms with Gasteiger partial charge in [-0.3, -0.25) is 0 Å². The largest absolute Gasteiger partial charge is 0.493 e. The topological polar surface area (TPSA) is 69.3 Å². The highest BCUT2D eigenvalue weighted by Gasteiger charge is 2.24. The zero-order chi connectivity index (χ0) is 15.4. The first-order chi connectivity index (χ1) is 10.1. The second-order valence-corrected chi connectivity index (χ2v) is 4.84. The molecule has 2 rings (SSSR count). The van der Waals surface area contributed by atoms with Gasteiger partial charge in [0, 0.05) is 12.7 Å². The molecular formula is C16H17N3O2. The van der Waals surface area contributed by atoms with Crippen LogP contribution in [0.15, 0.2) is 23.9 Å². The standard InChI is InChI=1S/C16H17N3O2/c1-11-14-7-16(21-3)15(20-2)6-13(14)4-5-19(11)10-12(8-17)9-18/h6-7,10-11H,4-5H2,1-3H3. The summed E-state index contributed by atoms with van der Waals surface area (Å²) in [5.74, 6) is 1.41. The van der Waals surface area contributed by atoms with Crippen molar-refractivity contribution in [3.63, 3.8) is 0 Å². The van der Waals surface area contributed by atoms with Crippen LogP contribution in [0.25, 0.3) is 0 Å². The van der Waals surface area contributed by atoms with Crippen LogP contribution in [-0.4, -0.2) is 25.7 Å². The van der Waals surface area contributed by atoms with E-state index in [0.717, 1.165) is 24.3 Å². The van der Waals surface area contributed by atoms with Crippen LogP contribution in [0.4, 0.5) is 0 Å².